The van der Waals surface area contributed by atoms with E-state index < -0.39 is 63.7 Å². The Morgan fingerprint density at radius 2 is 1.67 bits per heavy atom. The first kappa shape index (κ1) is 19.8. The maximum Gasteiger partial charge on any atom is 0.305 e. The topological polar surface area (TPSA) is 115 Å². The summed E-state index contributed by atoms with van der Waals surface area (Å²) in [7, 11) is 0. The summed E-state index contributed by atoms with van der Waals surface area (Å²) >= 11 is 0. The summed E-state index contributed by atoms with van der Waals surface area (Å²) in [6.07, 6.45) is -0.410. The Hall–Kier alpha value is -3.50. The lowest BCUT2D eigenvalue weighted by molar-refractivity contribution is -0.387. The summed E-state index contributed by atoms with van der Waals surface area (Å²) in [5.41, 5.74) is 3.20. The van der Waals surface area contributed by atoms with E-state index in [1.54, 1.807) is 0 Å². The van der Waals surface area contributed by atoms with Gasteiger partial charge in [0, 0.05) is 24.6 Å². The molecule has 0 fully saturated rings. The molecular formula is C16H11F4N3O4. The van der Waals surface area contributed by atoms with Gasteiger partial charge in [-0.3, -0.25) is 19.7 Å². The molecule has 0 bridgehead atoms. The minimum atomic E-state index is -1.52. The number of hydrogen-bond donors (Lipinski definition) is 2. The number of primary amides is 1. The number of benzene rings is 2. The first-order valence-corrected chi connectivity index (χ1v) is 7.27. The number of amides is 2. The summed E-state index contributed by atoms with van der Waals surface area (Å²) in [6.45, 7) is 0. The second-order valence-electron chi connectivity index (χ2n) is 5.42. The van der Waals surface area contributed by atoms with Crippen LogP contribution in [0.1, 0.15) is 15.9 Å². The van der Waals surface area contributed by atoms with Gasteiger partial charge in [-0.15, -0.1) is 0 Å². The third-order valence-corrected chi connectivity index (χ3v) is 3.53. The highest BCUT2D eigenvalue weighted by Crippen LogP contribution is 2.20. The lowest BCUT2D eigenvalue weighted by Gasteiger charge is -2.16. The van der Waals surface area contributed by atoms with Crippen LogP contribution in [0.2, 0.25) is 0 Å². The Balaban J connectivity index is 2.27. The van der Waals surface area contributed by atoms with Crippen molar-refractivity contribution in [2.75, 3.05) is 0 Å². The fourth-order valence-corrected chi connectivity index (χ4v) is 2.27. The smallest absolute Gasteiger partial charge is 0.305 e. The zero-order valence-corrected chi connectivity index (χ0v) is 13.3. The van der Waals surface area contributed by atoms with Gasteiger partial charge in [0.2, 0.25) is 11.7 Å². The van der Waals surface area contributed by atoms with Gasteiger partial charge in [0.05, 0.1) is 4.92 Å². The van der Waals surface area contributed by atoms with Gasteiger partial charge in [0.1, 0.15) is 29.1 Å². The molecule has 142 valence electrons. The van der Waals surface area contributed by atoms with Crippen LogP contribution in [0.5, 0.6) is 0 Å². The van der Waals surface area contributed by atoms with Gasteiger partial charge in [0.25, 0.3) is 5.91 Å². The number of hydrogen-bond acceptors (Lipinski definition) is 4. The molecule has 0 aliphatic rings. The average molecular weight is 385 g/mol. The zero-order valence-electron chi connectivity index (χ0n) is 13.3. The van der Waals surface area contributed by atoms with E-state index in [0.717, 1.165) is 18.2 Å². The Labute approximate surface area is 148 Å². The fraction of sp³-hybridized carbons (Fsp3) is 0.125. The quantitative estimate of drug-likeness (QED) is 0.449. The highest BCUT2D eigenvalue weighted by atomic mass is 19.1. The molecule has 0 aromatic heterocycles. The molecule has 0 aliphatic carbocycles. The van der Waals surface area contributed by atoms with E-state index in [-0.39, 0.29) is 17.7 Å². The standard InChI is InChI=1S/C16H11F4N3O4/c17-8-5-10(19)14(11(20)6-8)16(25)22-12(15(21)24)3-7-1-2-9(18)13(4-7)23(26)27/h1-2,4-6,12H,3H2,(H2,21,24)(H,22,25)/t12-/m1/s1. The molecule has 2 aromatic rings. The van der Waals surface area contributed by atoms with Crippen molar-refractivity contribution in [2.45, 2.75) is 12.5 Å². The molecule has 0 saturated carbocycles. The first-order valence-electron chi connectivity index (χ1n) is 7.27. The van der Waals surface area contributed by atoms with Crippen LogP contribution in [-0.2, 0) is 11.2 Å². The van der Waals surface area contributed by atoms with Crippen LogP contribution in [0.4, 0.5) is 23.2 Å². The third kappa shape index (κ3) is 4.57. The van der Waals surface area contributed by atoms with Crippen LogP contribution in [0.3, 0.4) is 0 Å². The largest absolute Gasteiger partial charge is 0.368 e. The van der Waals surface area contributed by atoms with Gasteiger partial charge >= 0.3 is 5.69 Å². The Morgan fingerprint density at radius 1 is 1.07 bits per heavy atom. The number of nitrogens with zero attached hydrogens (tertiary/aromatic N) is 1. The van der Waals surface area contributed by atoms with Gasteiger partial charge in [-0.1, -0.05) is 6.07 Å². The minimum Gasteiger partial charge on any atom is -0.368 e. The predicted molar refractivity (Wildman–Crippen MR) is 83.5 cm³/mol. The van der Waals surface area contributed by atoms with Crippen LogP contribution in [-0.4, -0.2) is 22.8 Å². The number of rotatable bonds is 6. The third-order valence-electron chi connectivity index (χ3n) is 3.53. The summed E-state index contributed by atoms with van der Waals surface area (Å²) in [5, 5.41) is 12.7. The summed E-state index contributed by atoms with van der Waals surface area (Å²) in [6, 6.07) is 1.76. The van der Waals surface area contributed by atoms with Crippen molar-refractivity contribution in [1.29, 1.82) is 0 Å². The molecule has 0 saturated heterocycles. The minimum absolute atomic E-state index is 0.0623. The second kappa shape index (κ2) is 7.81. The van der Waals surface area contributed by atoms with Crippen LogP contribution in [0.25, 0.3) is 0 Å². The number of nitrogens with one attached hydrogen (secondary N) is 1. The van der Waals surface area contributed by atoms with Gasteiger partial charge in [-0.05, 0) is 11.6 Å². The average Bonchev–Trinajstić information content (AvgIpc) is 2.54. The van der Waals surface area contributed by atoms with Crippen molar-refractivity contribution in [3.63, 3.8) is 0 Å². The maximum atomic E-state index is 13.7. The number of carbonyl (C=O) groups excluding carboxylic acids is 2. The highest BCUT2D eigenvalue weighted by molar-refractivity contribution is 5.97. The Kier molecular flexibility index (Phi) is 5.73. The second-order valence-corrected chi connectivity index (χ2v) is 5.42. The molecule has 27 heavy (non-hydrogen) atoms. The SMILES string of the molecule is NC(=O)[C@@H](Cc1ccc(F)c([N+](=O)[O-])c1)NC(=O)c1c(F)cc(F)cc1F. The number of halogens is 4. The van der Waals surface area contributed by atoms with Gasteiger partial charge in [0.15, 0.2) is 0 Å². The van der Waals surface area contributed by atoms with E-state index in [0.29, 0.717) is 0 Å². The molecule has 0 spiro atoms. The van der Waals surface area contributed by atoms with Crippen molar-refractivity contribution >= 4 is 17.5 Å². The summed E-state index contributed by atoms with van der Waals surface area (Å²) < 4.78 is 53.6. The summed E-state index contributed by atoms with van der Waals surface area (Å²) in [5.74, 6) is -7.84. The molecule has 3 N–H and O–H groups in total. The molecule has 2 aromatic carbocycles. The van der Waals surface area contributed by atoms with Crippen LogP contribution in [0, 0.1) is 33.4 Å². The number of nitro groups is 1. The maximum absolute atomic E-state index is 13.7. The van der Waals surface area contributed by atoms with Crippen molar-refractivity contribution in [3.8, 4) is 0 Å². The van der Waals surface area contributed by atoms with Gasteiger partial charge < -0.3 is 11.1 Å². The lowest BCUT2D eigenvalue weighted by Crippen LogP contribution is -2.46. The molecule has 11 heteroatoms. The molecule has 1 atom stereocenters. The number of nitrogens with two attached hydrogens (primary N) is 1. The monoisotopic (exact) mass is 385 g/mol. The van der Waals surface area contributed by atoms with E-state index in [9.17, 15) is 37.3 Å². The normalized spacial score (nSPS) is 11.7. The van der Waals surface area contributed by atoms with Crippen molar-refractivity contribution < 1.29 is 32.1 Å². The van der Waals surface area contributed by atoms with E-state index in [1.807, 2.05) is 5.32 Å². The van der Waals surface area contributed by atoms with Crippen molar-refractivity contribution in [1.82, 2.24) is 5.32 Å². The van der Waals surface area contributed by atoms with Crippen molar-refractivity contribution in [2.24, 2.45) is 5.73 Å². The molecule has 7 nitrogen and oxygen atoms in total. The van der Waals surface area contributed by atoms with E-state index >= 15 is 0 Å². The fourth-order valence-electron chi connectivity index (χ4n) is 2.27. The van der Waals surface area contributed by atoms with Crippen molar-refractivity contribution in [3.05, 3.63) is 74.8 Å². The van der Waals surface area contributed by atoms with Gasteiger partial charge in [-0.25, -0.2) is 13.2 Å². The molecule has 0 heterocycles. The molecule has 0 aliphatic heterocycles. The first-order chi connectivity index (χ1) is 12.6. The molecule has 2 rings (SSSR count). The van der Waals surface area contributed by atoms with Gasteiger partial charge in [-0.2, -0.15) is 4.39 Å². The van der Waals surface area contributed by atoms with Crippen LogP contribution in [0.15, 0.2) is 30.3 Å². The van der Waals surface area contributed by atoms with E-state index in [2.05, 4.69) is 0 Å². The van der Waals surface area contributed by atoms with E-state index in [1.165, 1.54) is 0 Å². The Morgan fingerprint density at radius 3 is 2.19 bits per heavy atom. The Bertz CT molecular complexity index is 913. The summed E-state index contributed by atoms with van der Waals surface area (Å²) in [4.78, 5) is 33.3. The van der Waals surface area contributed by atoms with Crippen LogP contribution < -0.4 is 11.1 Å². The number of nitro benzene ring substituents is 1. The number of carbonyl (C=O) groups is 2. The highest BCUT2D eigenvalue weighted by Gasteiger charge is 2.25. The molecular weight excluding hydrogens is 374 g/mol. The molecule has 0 unspecified atom stereocenters. The zero-order chi connectivity index (χ0) is 20.3. The predicted octanol–water partition coefficient (Wildman–Crippen LogP) is 1.98. The molecule has 2 amide bonds. The lowest BCUT2D eigenvalue weighted by atomic mass is 10.0. The molecule has 0 radical (unpaired) electrons. The van der Waals surface area contributed by atoms with E-state index in [4.69, 9.17) is 5.73 Å². The van der Waals surface area contributed by atoms with Crippen LogP contribution >= 0.6 is 0 Å².